The summed E-state index contributed by atoms with van der Waals surface area (Å²) in [4.78, 5) is 20.6. The Hall–Kier alpha value is -1.18. The van der Waals surface area contributed by atoms with Gasteiger partial charge in [-0.3, -0.25) is 9.59 Å². The summed E-state index contributed by atoms with van der Waals surface area (Å²) < 4.78 is 0. The third-order valence-electron chi connectivity index (χ3n) is 1.53. The highest BCUT2D eigenvalue weighted by molar-refractivity contribution is 6.33. The first kappa shape index (κ1) is 6.93. The highest BCUT2D eigenvalue weighted by atomic mass is 16.2. The van der Waals surface area contributed by atoms with E-state index >= 15 is 0 Å². The van der Waals surface area contributed by atoms with Crippen LogP contribution in [0.4, 0.5) is 0 Å². The number of hydrogen-bond acceptors (Lipinski definition) is 2. The minimum Gasteiger partial charge on any atom is -0.285 e. The van der Waals surface area contributed by atoms with Gasteiger partial charge in [0.1, 0.15) is 0 Å². The van der Waals surface area contributed by atoms with Crippen LogP contribution in [0, 0.1) is 0 Å². The number of carbonyl (C=O) groups excluding carboxylic acids is 2. The van der Waals surface area contributed by atoms with Crippen LogP contribution in [0.2, 0.25) is 0 Å². The van der Waals surface area contributed by atoms with E-state index in [2.05, 4.69) is 0 Å². The van der Waals surface area contributed by atoms with Gasteiger partial charge in [-0.2, -0.15) is 0 Å². The van der Waals surface area contributed by atoms with Gasteiger partial charge in [-0.05, 0) is 18.9 Å². The van der Waals surface area contributed by atoms with Gasteiger partial charge in [0.15, 0.2) is 0 Å². The highest BCUT2D eigenvalue weighted by Crippen LogP contribution is 2.17. The van der Waals surface area contributed by atoms with Crippen molar-refractivity contribution in [1.82, 2.24) is 0 Å². The van der Waals surface area contributed by atoms with Gasteiger partial charge in [-0.25, -0.2) is 0 Å². The van der Waals surface area contributed by atoms with Crippen LogP contribution in [0.5, 0.6) is 0 Å². The van der Waals surface area contributed by atoms with E-state index in [1.54, 1.807) is 0 Å². The molecule has 0 heterocycles. The average molecular weight is 135 g/mol. The summed E-state index contributed by atoms with van der Waals surface area (Å²) in [6.07, 6.45) is 5.63. The summed E-state index contributed by atoms with van der Waals surface area (Å²) in [5.74, 6) is -0.512. The number of allylic oxidation sites excluding steroid dienone is 4. The molecule has 0 atom stereocenters. The van der Waals surface area contributed by atoms with Crippen LogP contribution in [-0.4, -0.2) is 12.1 Å². The molecule has 0 saturated heterocycles. The van der Waals surface area contributed by atoms with E-state index in [4.69, 9.17) is 0 Å². The van der Waals surface area contributed by atoms with Crippen molar-refractivity contribution in [3.63, 3.8) is 0 Å². The van der Waals surface area contributed by atoms with E-state index in [9.17, 15) is 9.59 Å². The van der Waals surface area contributed by atoms with Gasteiger partial charge in [-0.1, -0.05) is 12.2 Å². The third kappa shape index (κ3) is 1.05. The number of Topliss-reactive ketones (excluding diaryl/α,β-unsaturated/α-hetero) is 1. The molecule has 2 heteroatoms. The van der Waals surface area contributed by atoms with Gasteiger partial charge in [0.05, 0.1) is 0 Å². The number of ketones is 1. The fraction of sp³-hybridized carbons (Fsp3) is 0.250. The summed E-state index contributed by atoms with van der Waals surface area (Å²) in [7, 11) is 0. The second kappa shape index (κ2) is 2.60. The third-order valence-corrected chi connectivity index (χ3v) is 1.53. The Balaban J connectivity index is 2.85. The number of carbonyl (C=O) groups is 1. The molecule has 1 radical (unpaired) electrons. The minimum absolute atomic E-state index is 0.512. The van der Waals surface area contributed by atoms with Crippen molar-refractivity contribution < 1.29 is 9.59 Å². The monoisotopic (exact) mass is 135 g/mol. The Morgan fingerprint density at radius 1 is 1.70 bits per heavy atom. The molecule has 2 nitrogen and oxygen atoms in total. The molecule has 51 valence electrons. The summed E-state index contributed by atoms with van der Waals surface area (Å²) in [5, 5.41) is 0. The molecule has 0 N–H and O–H groups in total. The largest absolute Gasteiger partial charge is 0.285 e. The molecule has 0 aromatic rings. The van der Waals surface area contributed by atoms with E-state index in [-0.39, 0.29) is 0 Å². The van der Waals surface area contributed by atoms with Gasteiger partial charge in [-0.15, -0.1) is 0 Å². The molecule has 1 aliphatic rings. The molecule has 0 saturated carbocycles. The molecule has 0 amide bonds. The topological polar surface area (TPSA) is 34.1 Å². The van der Waals surface area contributed by atoms with Crippen LogP contribution >= 0.6 is 0 Å². The van der Waals surface area contributed by atoms with Gasteiger partial charge < -0.3 is 0 Å². The number of rotatable bonds is 2. The summed E-state index contributed by atoms with van der Waals surface area (Å²) in [6, 6.07) is 0. The second-order valence-corrected chi connectivity index (χ2v) is 2.20. The van der Waals surface area contributed by atoms with Crippen LogP contribution in [0.3, 0.4) is 0 Å². The molecule has 0 bridgehead atoms. The predicted molar refractivity (Wildman–Crippen MR) is 37.2 cm³/mol. The molecular formula is C8H7O2. The maximum Gasteiger partial charge on any atom is 0.277 e. The first-order valence-corrected chi connectivity index (χ1v) is 3.04. The van der Waals surface area contributed by atoms with Gasteiger partial charge in [0.25, 0.3) is 6.29 Å². The summed E-state index contributed by atoms with van der Waals surface area (Å²) in [5.41, 5.74) is 1.46. The Labute approximate surface area is 59.2 Å². The summed E-state index contributed by atoms with van der Waals surface area (Å²) >= 11 is 0. The molecule has 0 aliphatic heterocycles. The molecule has 1 rings (SSSR count). The molecule has 0 spiro atoms. The average Bonchev–Trinajstić information content (AvgIpc) is 2.34. The summed E-state index contributed by atoms with van der Waals surface area (Å²) in [6.45, 7) is 1.81. The van der Waals surface area contributed by atoms with Crippen LogP contribution in [-0.2, 0) is 9.59 Å². The zero-order chi connectivity index (χ0) is 7.56. The lowest BCUT2D eigenvalue weighted by Crippen LogP contribution is -2.02. The van der Waals surface area contributed by atoms with E-state index in [0.717, 1.165) is 5.57 Å². The van der Waals surface area contributed by atoms with Crippen molar-refractivity contribution >= 4 is 12.1 Å². The van der Waals surface area contributed by atoms with Crippen LogP contribution < -0.4 is 0 Å². The van der Waals surface area contributed by atoms with Crippen LogP contribution in [0.1, 0.15) is 13.3 Å². The zero-order valence-electron chi connectivity index (χ0n) is 5.68. The first-order chi connectivity index (χ1) is 4.75. The Bertz CT molecular complexity index is 234. The zero-order valence-corrected chi connectivity index (χ0v) is 5.68. The van der Waals surface area contributed by atoms with Crippen molar-refractivity contribution in [3.8, 4) is 0 Å². The standard InChI is InChI=1S/C8H7O2/c1-6-3-2-4-7(6)8(10)5-9/h2-3H,4H2,1H3. The number of hydrogen-bond donors (Lipinski definition) is 0. The van der Waals surface area contributed by atoms with Crippen molar-refractivity contribution in [2.75, 3.05) is 0 Å². The van der Waals surface area contributed by atoms with Crippen molar-refractivity contribution in [2.45, 2.75) is 13.3 Å². The van der Waals surface area contributed by atoms with Crippen LogP contribution in [0.25, 0.3) is 0 Å². The normalized spacial score (nSPS) is 16.1. The molecular weight excluding hydrogens is 128 g/mol. The maximum atomic E-state index is 10.7. The molecule has 0 aromatic carbocycles. The van der Waals surface area contributed by atoms with Crippen molar-refractivity contribution in [1.29, 1.82) is 0 Å². The Morgan fingerprint density at radius 3 is 2.80 bits per heavy atom. The van der Waals surface area contributed by atoms with Gasteiger partial charge in [0, 0.05) is 5.57 Å². The molecule has 1 aliphatic carbocycles. The minimum atomic E-state index is -0.512. The second-order valence-electron chi connectivity index (χ2n) is 2.20. The SMILES string of the molecule is CC1=C(C(=O)[C]=O)CC=C1. The van der Waals surface area contributed by atoms with E-state index in [1.165, 1.54) is 6.29 Å². The molecule has 0 unspecified atom stereocenters. The molecule has 0 aromatic heterocycles. The Kier molecular flexibility index (Phi) is 1.81. The fourth-order valence-corrected chi connectivity index (χ4v) is 0.949. The lowest BCUT2D eigenvalue weighted by Gasteiger charge is -1.92. The highest BCUT2D eigenvalue weighted by Gasteiger charge is 2.13. The van der Waals surface area contributed by atoms with Crippen molar-refractivity contribution in [2.24, 2.45) is 0 Å². The van der Waals surface area contributed by atoms with Gasteiger partial charge >= 0.3 is 0 Å². The van der Waals surface area contributed by atoms with E-state index in [1.807, 2.05) is 19.1 Å². The quantitative estimate of drug-likeness (QED) is 0.528. The smallest absolute Gasteiger partial charge is 0.277 e. The van der Waals surface area contributed by atoms with Crippen molar-refractivity contribution in [3.05, 3.63) is 23.3 Å². The molecule has 10 heavy (non-hydrogen) atoms. The van der Waals surface area contributed by atoms with E-state index in [0.29, 0.717) is 12.0 Å². The first-order valence-electron chi connectivity index (χ1n) is 3.04. The lowest BCUT2D eigenvalue weighted by atomic mass is 10.1. The predicted octanol–water partition coefficient (Wildman–Crippen LogP) is 0.942. The van der Waals surface area contributed by atoms with E-state index < -0.39 is 5.78 Å². The molecule has 0 fully saturated rings. The fourth-order valence-electron chi connectivity index (χ4n) is 0.949. The van der Waals surface area contributed by atoms with Gasteiger partial charge in [0.2, 0.25) is 5.78 Å². The lowest BCUT2D eigenvalue weighted by molar-refractivity contribution is -0.109. The van der Waals surface area contributed by atoms with Crippen LogP contribution in [0.15, 0.2) is 23.3 Å². The Morgan fingerprint density at radius 2 is 2.40 bits per heavy atom. The maximum absolute atomic E-state index is 10.7.